The van der Waals surface area contributed by atoms with Gasteiger partial charge in [0.1, 0.15) is 0 Å². The Hall–Kier alpha value is -0.710. The fourth-order valence-corrected chi connectivity index (χ4v) is 1.39. The minimum atomic E-state index is -0.312. The minimum Gasteiger partial charge on any atom is -0.378 e. The lowest BCUT2D eigenvalue weighted by atomic mass is 10.3. The summed E-state index contributed by atoms with van der Waals surface area (Å²) in [5.74, 6) is 0.648. The first-order valence-electron chi connectivity index (χ1n) is 4.36. The minimum absolute atomic E-state index is 0.311. The Labute approximate surface area is 82.4 Å². The van der Waals surface area contributed by atoms with Crippen LogP contribution in [0.5, 0.6) is 0 Å². The molecule has 2 atom stereocenters. The zero-order chi connectivity index (χ0) is 9.84. The van der Waals surface area contributed by atoms with E-state index in [1.807, 2.05) is 0 Å². The number of nitrogens with zero attached hydrogens (tertiary/aromatic N) is 1. The van der Waals surface area contributed by atoms with E-state index in [0.29, 0.717) is 17.1 Å². The molecule has 3 N–H and O–H groups in total. The summed E-state index contributed by atoms with van der Waals surface area (Å²) < 4.78 is 0. The number of thioether (sulfide) groups is 1. The molecule has 2 unspecified atom stereocenters. The Morgan fingerprint density at radius 3 is 2.92 bits per heavy atom. The standard InChI is InChI=1S/C8H15N3OS/c1-3-5-4-6(5)10-8(12)11-7(9)13-2/h5-6H,3-4H2,1-2H3,(H3,9,10,11,12). The van der Waals surface area contributed by atoms with Gasteiger partial charge in [0.2, 0.25) is 0 Å². The highest BCUT2D eigenvalue weighted by molar-refractivity contribution is 8.13. The summed E-state index contributed by atoms with van der Waals surface area (Å²) >= 11 is 1.27. The summed E-state index contributed by atoms with van der Waals surface area (Å²) in [6.45, 7) is 2.12. The van der Waals surface area contributed by atoms with Crippen molar-refractivity contribution in [2.45, 2.75) is 25.8 Å². The summed E-state index contributed by atoms with van der Waals surface area (Å²) in [4.78, 5) is 14.8. The van der Waals surface area contributed by atoms with Gasteiger partial charge in [-0.05, 0) is 18.6 Å². The quantitative estimate of drug-likeness (QED) is 0.520. The van der Waals surface area contributed by atoms with Crippen molar-refractivity contribution in [1.82, 2.24) is 5.32 Å². The molecule has 5 heteroatoms. The van der Waals surface area contributed by atoms with Crippen LogP contribution in [0, 0.1) is 5.92 Å². The van der Waals surface area contributed by atoms with Gasteiger partial charge >= 0.3 is 6.03 Å². The number of urea groups is 1. The van der Waals surface area contributed by atoms with Gasteiger partial charge in [-0.1, -0.05) is 25.1 Å². The van der Waals surface area contributed by atoms with Crippen LogP contribution in [0.3, 0.4) is 0 Å². The van der Waals surface area contributed by atoms with Crippen LogP contribution in [0.15, 0.2) is 4.99 Å². The van der Waals surface area contributed by atoms with Crippen molar-refractivity contribution < 1.29 is 4.79 Å². The molecule has 0 aliphatic heterocycles. The molecule has 0 radical (unpaired) electrons. The number of nitrogens with one attached hydrogen (secondary N) is 1. The second-order valence-corrected chi connectivity index (χ2v) is 3.94. The number of amidine groups is 1. The highest BCUT2D eigenvalue weighted by atomic mass is 32.2. The van der Waals surface area contributed by atoms with Crippen molar-refractivity contribution in [3.05, 3.63) is 0 Å². The van der Waals surface area contributed by atoms with Crippen LogP contribution in [-0.4, -0.2) is 23.5 Å². The molecule has 0 aromatic rings. The average molecular weight is 201 g/mol. The summed E-state index contributed by atoms with van der Waals surface area (Å²) in [5.41, 5.74) is 5.39. The Bertz CT molecular complexity index is 229. The van der Waals surface area contributed by atoms with Crippen molar-refractivity contribution in [2.24, 2.45) is 16.6 Å². The fourth-order valence-electron chi connectivity index (χ4n) is 1.21. The Balaban J connectivity index is 2.27. The molecule has 4 nitrogen and oxygen atoms in total. The fraction of sp³-hybridized carbons (Fsp3) is 0.750. The number of rotatable bonds is 2. The summed E-state index contributed by atoms with van der Waals surface area (Å²) in [5, 5.41) is 3.11. The third kappa shape index (κ3) is 3.26. The normalized spacial score (nSPS) is 27.1. The summed E-state index contributed by atoms with van der Waals surface area (Å²) in [6.07, 6.45) is 3.99. The summed E-state index contributed by atoms with van der Waals surface area (Å²) in [6, 6.07) is 0.0173. The molecule has 2 amide bonds. The molecular formula is C8H15N3OS. The number of carbonyl (C=O) groups is 1. The van der Waals surface area contributed by atoms with Gasteiger partial charge in [-0.25, -0.2) is 4.79 Å². The largest absolute Gasteiger partial charge is 0.378 e. The van der Waals surface area contributed by atoms with Crippen LogP contribution in [0.25, 0.3) is 0 Å². The van der Waals surface area contributed by atoms with E-state index in [4.69, 9.17) is 5.73 Å². The first-order valence-corrected chi connectivity index (χ1v) is 5.58. The zero-order valence-corrected chi connectivity index (χ0v) is 8.73. The number of hydrogen-bond donors (Lipinski definition) is 2. The molecule has 1 aliphatic carbocycles. The highest BCUT2D eigenvalue weighted by Crippen LogP contribution is 2.32. The Morgan fingerprint density at radius 2 is 2.46 bits per heavy atom. The van der Waals surface area contributed by atoms with Gasteiger partial charge in [0, 0.05) is 6.04 Å². The number of amides is 2. The van der Waals surface area contributed by atoms with Gasteiger partial charge in [-0.2, -0.15) is 4.99 Å². The average Bonchev–Trinajstić information content (AvgIpc) is 2.82. The molecule has 1 fully saturated rings. The lowest BCUT2D eigenvalue weighted by molar-refractivity contribution is 0.248. The highest BCUT2D eigenvalue weighted by Gasteiger charge is 2.36. The van der Waals surface area contributed by atoms with Crippen molar-refractivity contribution in [2.75, 3.05) is 6.26 Å². The molecule has 0 spiro atoms. The first-order chi connectivity index (χ1) is 6.17. The van der Waals surface area contributed by atoms with Gasteiger partial charge in [-0.3, -0.25) is 0 Å². The van der Waals surface area contributed by atoms with E-state index >= 15 is 0 Å². The number of carbonyl (C=O) groups excluding carboxylic acids is 1. The topological polar surface area (TPSA) is 67.5 Å². The predicted molar refractivity (Wildman–Crippen MR) is 55.9 cm³/mol. The predicted octanol–water partition coefficient (Wildman–Crippen LogP) is 1.17. The molecule has 13 heavy (non-hydrogen) atoms. The van der Waals surface area contributed by atoms with Crippen LogP contribution in [0.1, 0.15) is 19.8 Å². The lowest BCUT2D eigenvalue weighted by Crippen LogP contribution is -2.25. The third-order valence-corrected chi connectivity index (χ3v) is 2.69. The molecule has 0 bridgehead atoms. The van der Waals surface area contributed by atoms with Crippen molar-refractivity contribution in [3.8, 4) is 0 Å². The van der Waals surface area contributed by atoms with E-state index in [-0.39, 0.29) is 6.03 Å². The van der Waals surface area contributed by atoms with E-state index in [9.17, 15) is 4.79 Å². The van der Waals surface area contributed by atoms with E-state index < -0.39 is 0 Å². The maximum absolute atomic E-state index is 11.1. The first kappa shape index (κ1) is 10.4. The van der Waals surface area contributed by atoms with Gasteiger partial charge in [0.15, 0.2) is 5.17 Å². The van der Waals surface area contributed by atoms with E-state index in [1.165, 1.54) is 11.8 Å². The SMILES string of the molecule is CCC1CC1NC(=O)/N=C(\N)SC. The number of nitrogens with two attached hydrogens (primary N) is 1. The van der Waals surface area contributed by atoms with Gasteiger partial charge in [0.25, 0.3) is 0 Å². The molecule has 0 aromatic heterocycles. The van der Waals surface area contributed by atoms with Gasteiger partial charge in [0.05, 0.1) is 0 Å². The maximum Gasteiger partial charge on any atom is 0.343 e. The van der Waals surface area contributed by atoms with Crippen LogP contribution < -0.4 is 11.1 Å². The maximum atomic E-state index is 11.1. The monoisotopic (exact) mass is 201 g/mol. The van der Waals surface area contributed by atoms with E-state index in [2.05, 4.69) is 17.2 Å². The zero-order valence-electron chi connectivity index (χ0n) is 7.91. The molecule has 0 aromatic carbocycles. The van der Waals surface area contributed by atoms with Crippen LogP contribution in [0.4, 0.5) is 4.79 Å². The van der Waals surface area contributed by atoms with Crippen LogP contribution in [-0.2, 0) is 0 Å². The number of hydrogen-bond acceptors (Lipinski definition) is 2. The van der Waals surface area contributed by atoms with Crippen molar-refractivity contribution >= 4 is 23.0 Å². The molecule has 0 heterocycles. The third-order valence-electron chi connectivity index (χ3n) is 2.18. The van der Waals surface area contributed by atoms with E-state index in [0.717, 1.165) is 12.8 Å². The van der Waals surface area contributed by atoms with E-state index in [1.54, 1.807) is 6.26 Å². The Morgan fingerprint density at radius 1 is 1.77 bits per heavy atom. The van der Waals surface area contributed by atoms with Crippen molar-refractivity contribution in [1.29, 1.82) is 0 Å². The molecule has 0 saturated heterocycles. The number of aliphatic imine (C=N–C) groups is 1. The molecule has 1 aliphatic rings. The van der Waals surface area contributed by atoms with Gasteiger partial charge in [-0.15, -0.1) is 0 Å². The molecular weight excluding hydrogens is 186 g/mol. The molecule has 1 saturated carbocycles. The molecule has 74 valence electrons. The van der Waals surface area contributed by atoms with Gasteiger partial charge < -0.3 is 11.1 Å². The smallest absolute Gasteiger partial charge is 0.343 e. The Kier molecular flexibility index (Phi) is 3.59. The molecule has 1 rings (SSSR count). The second-order valence-electron chi connectivity index (χ2n) is 3.11. The van der Waals surface area contributed by atoms with Crippen molar-refractivity contribution in [3.63, 3.8) is 0 Å². The van der Waals surface area contributed by atoms with Crippen LogP contribution >= 0.6 is 11.8 Å². The second kappa shape index (κ2) is 4.50. The van der Waals surface area contributed by atoms with Crippen LogP contribution in [0.2, 0.25) is 0 Å². The lowest BCUT2D eigenvalue weighted by Gasteiger charge is -1.99. The summed E-state index contributed by atoms with van der Waals surface area (Å²) in [7, 11) is 0.